The van der Waals surface area contributed by atoms with Crippen molar-refractivity contribution in [1.29, 1.82) is 0 Å². The van der Waals surface area contributed by atoms with E-state index in [1.54, 1.807) is 6.08 Å². The number of aliphatic carboxylic acids is 1. The Balaban J connectivity index is 2.47. The van der Waals surface area contributed by atoms with Gasteiger partial charge in [-0.2, -0.15) is 0 Å². The maximum atomic E-state index is 10.1. The molecule has 0 fully saturated rings. The van der Waals surface area contributed by atoms with Gasteiger partial charge in [-0.1, -0.05) is 12.2 Å². The van der Waals surface area contributed by atoms with Crippen molar-refractivity contribution in [3.63, 3.8) is 0 Å². The predicted octanol–water partition coefficient (Wildman–Crippen LogP) is 0.547. The molecule has 1 aliphatic rings. The smallest absolute Gasteiger partial charge is 0.328 e. The van der Waals surface area contributed by atoms with Crippen LogP contribution in [0.15, 0.2) is 23.8 Å². The van der Waals surface area contributed by atoms with Gasteiger partial charge in [0.15, 0.2) is 0 Å². The Bertz CT molecular complexity index is 206. The van der Waals surface area contributed by atoms with Crippen LogP contribution in [0.5, 0.6) is 0 Å². The number of carbonyl (C=O) groups is 1. The molecule has 0 unspecified atom stereocenters. The van der Waals surface area contributed by atoms with Crippen LogP contribution < -0.4 is 5.32 Å². The van der Waals surface area contributed by atoms with Crippen molar-refractivity contribution in [3.05, 3.63) is 23.8 Å². The van der Waals surface area contributed by atoms with Crippen molar-refractivity contribution in [3.8, 4) is 0 Å². The molecule has 60 valence electrons. The summed E-state index contributed by atoms with van der Waals surface area (Å²) in [6.45, 7) is 1.79. The minimum atomic E-state index is -0.885. The Hall–Kier alpha value is -1.09. The number of carboxylic acids is 1. The molecule has 0 radical (unpaired) electrons. The average molecular weight is 153 g/mol. The Kier molecular flexibility index (Phi) is 2.86. The second-order valence-corrected chi connectivity index (χ2v) is 2.40. The van der Waals surface area contributed by atoms with E-state index in [9.17, 15) is 4.79 Å². The van der Waals surface area contributed by atoms with Crippen LogP contribution >= 0.6 is 0 Å². The van der Waals surface area contributed by atoms with Crippen LogP contribution in [0, 0.1) is 0 Å². The number of nitrogens with one attached hydrogen (secondary N) is 1. The quantitative estimate of drug-likeness (QED) is 0.569. The van der Waals surface area contributed by atoms with Gasteiger partial charge < -0.3 is 10.4 Å². The lowest BCUT2D eigenvalue weighted by molar-refractivity contribution is -0.131. The number of rotatable bonds is 2. The predicted molar refractivity (Wildman–Crippen MR) is 42.3 cm³/mol. The van der Waals surface area contributed by atoms with E-state index in [0.29, 0.717) is 0 Å². The van der Waals surface area contributed by atoms with Gasteiger partial charge in [-0.15, -0.1) is 0 Å². The first-order valence-corrected chi connectivity index (χ1v) is 3.60. The van der Waals surface area contributed by atoms with Crippen molar-refractivity contribution in [2.45, 2.75) is 6.42 Å². The molecular weight excluding hydrogens is 142 g/mol. The van der Waals surface area contributed by atoms with Crippen LogP contribution in [0.1, 0.15) is 6.42 Å². The van der Waals surface area contributed by atoms with Gasteiger partial charge in [-0.25, -0.2) is 4.79 Å². The van der Waals surface area contributed by atoms with E-state index in [-0.39, 0.29) is 0 Å². The molecule has 0 aromatic carbocycles. The van der Waals surface area contributed by atoms with Gasteiger partial charge >= 0.3 is 5.97 Å². The van der Waals surface area contributed by atoms with Gasteiger partial charge in [0.2, 0.25) is 0 Å². The van der Waals surface area contributed by atoms with Crippen molar-refractivity contribution in [2.75, 3.05) is 13.1 Å². The van der Waals surface area contributed by atoms with E-state index < -0.39 is 5.97 Å². The topological polar surface area (TPSA) is 49.3 Å². The molecule has 1 rings (SSSR count). The summed E-state index contributed by atoms with van der Waals surface area (Å²) in [4.78, 5) is 10.1. The number of allylic oxidation sites excluding steroid dienone is 1. The molecule has 0 amide bonds. The van der Waals surface area contributed by atoms with Gasteiger partial charge in [-0.3, -0.25) is 0 Å². The summed E-state index contributed by atoms with van der Waals surface area (Å²) in [5, 5.41) is 11.5. The maximum Gasteiger partial charge on any atom is 0.328 e. The molecule has 0 saturated heterocycles. The van der Waals surface area contributed by atoms with Crippen LogP contribution in [0.2, 0.25) is 0 Å². The Morgan fingerprint density at radius 3 is 3.09 bits per heavy atom. The molecule has 0 bridgehead atoms. The van der Waals surface area contributed by atoms with Crippen molar-refractivity contribution >= 4 is 5.97 Å². The zero-order valence-electron chi connectivity index (χ0n) is 6.21. The largest absolute Gasteiger partial charge is 0.478 e. The molecule has 1 aliphatic heterocycles. The zero-order chi connectivity index (χ0) is 8.10. The van der Waals surface area contributed by atoms with E-state index in [0.717, 1.165) is 25.1 Å². The van der Waals surface area contributed by atoms with Crippen molar-refractivity contribution in [1.82, 2.24) is 5.32 Å². The van der Waals surface area contributed by atoms with E-state index in [2.05, 4.69) is 5.32 Å². The van der Waals surface area contributed by atoms with Crippen molar-refractivity contribution in [2.24, 2.45) is 0 Å². The highest BCUT2D eigenvalue weighted by molar-refractivity contribution is 5.80. The second-order valence-electron chi connectivity index (χ2n) is 2.40. The highest BCUT2D eigenvalue weighted by Gasteiger charge is 1.98. The molecule has 0 aliphatic carbocycles. The fourth-order valence-electron chi connectivity index (χ4n) is 0.970. The summed E-state index contributed by atoms with van der Waals surface area (Å²) < 4.78 is 0. The minimum absolute atomic E-state index is 0.847. The van der Waals surface area contributed by atoms with Crippen LogP contribution in [-0.2, 0) is 4.79 Å². The van der Waals surface area contributed by atoms with Gasteiger partial charge in [0, 0.05) is 12.6 Å². The molecule has 2 N–H and O–H groups in total. The summed E-state index contributed by atoms with van der Waals surface area (Å²) in [6.07, 6.45) is 5.76. The summed E-state index contributed by atoms with van der Waals surface area (Å²) in [6, 6.07) is 0. The van der Waals surface area contributed by atoms with E-state index in [1.165, 1.54) is 6.08 Å². The molecule has 0 spiro atoms. The molecule has 3 heteroatoms. The molecule has 0 saturated carbocycles. The summed E-state index contributed by atoms with van der Waals surface area (Å²) in [5.41, 5.74) is 1.10. The zero-order valence-corrected chi connectivity index (χ0v) is 6.21. The van der Waals surface area contributed by atoms with Crippen LogP contribution in [0.25, 0.3) is 0 Å². The first-order chi connectivity index (χ1) is 5.29. The number of hydrogen-bond acceptors (Lipinski definition) is 2. The van der Waals surface area contributed by atoms with E-state index >= 15 is 0 Å². The Morgan fingerprint density at radius 1 is 1.73 bits per heavy atom. The van der Waals surface area contributed by atoms with Crippen LogP contribution in [0.3, 0.4) is 0 Å². The lowest BCUT2D eigenvalue weighted by Gasteiger charge is -2.09. The van der Waals surface area contributed by atoms with Gasteiger partial charge in [0.25, 0.3) is 0 Å². The lowest BCUT2D eigenvalue weighted by Crippen LogP contribution is -2.19. The summed E-state index contributed by atoms with van der Waals surface area (Å²) in [5.74, 6) is -0.885. The maximum absolute atomic E-state index is 10.1. The molecule has 1 heterocycles. The third-order valence-corrected chi connectivity index (χ3v) is 1.54. The average Bonchev–Trinajstić information content (AvgIpc) is 2.03. The molecule has 11 heavy (non-hydrogen) atoms. The Labute approximate surface area is 65.4 Å². The first-order valence-electron chi connectivity index (χ1n) is 3.60. The van der Waals surface area contributed by atoms with Crippen LogP contribution in [0.4, 0.5) is 0 Å². The van der Waals surface area contributed by atoms with Crippen LogP contribution in [-0.4, -0.2) is 24.2 Å². The van der Waals surface area contributed by atoms with Gasteiger partial charge in [0.1, 0.15) is 0 Å². The SMILES string of the molecule is O=C(O)/C=C/C1=CCNCC1. The molecule has 3 nitrogen and oxygen atoms in total. The summed E-state index contributed by atoms with van der Waals surface area (Å²) in [7, 11) is 0. The highest BCUT2D eigenvalue weighted by atomic mass is 16.4. The number of carboxylic acid groups (broad SMARTS) is 1. The normalized spacial score (nSPS) is 18.4. The molecule has 0 aromatic heterocycles. The lowest BCUT2D eigenvalue weighted by atomic mass is 10.1. The number of hydrogen-bond donors (Lipinski definition) is 2. The summed E-state index contributed by atoms with van der Waals surface area (Å²) >= 11 is 0. The fraction of sp³-hybridized carbons (Fsp3) is 0.375. The van der Waals surface area contributed by atoms with Crippen molar-refractivity contribution < 1.29 is 9.90 Å². The molecular formula is C8H11NO2. The highest BCUT2D eigenvalue weighted by Crippen LogP contribution is 2.04. The fourth-order valence-corrected chi connectivity index (χ4v) is 0.970. The standard InChI is InChI=1S/C8H11NO2/c10-8(11)2-1-7-3-5-9-6-4-7/h1-3,9H,4-6H2,(H,10,11)/b2-1+. The first kappa shape index (κ1) is 8.01. The third-order valence-electron chi connectivity index (χ3n) is 1.54. The van der Waals surface area contributed by atoms with E-state index in [4.69, 9.17) is 5.11 Å². The van der Waals surface area contributed by atoms with Gasteiger partial charge in [-0.05, 0) is 18.5 Å². The Morgan fingerprint density at radius 2 is 2.55 bits per heavy atom. The third kappa shape index (κ3) is 3.00. The monoisotopic (exact) mass is 153 g/mol. The molecule has 0 aromatic rings. The van der Waals surface area contributed by atoms with E-state index in [1.807, 2.05) is 6.08 Å². The molecule has 0 atom stereocenters. The second kappa shape index (κ2) is 3.93. The minimum Gasteiger partial charge on any atom is -0.478 e. The van der Waals surface area contributed by atoms with Gasteiger partial charge in [0.05, 0.1) is 0 Å².